The number of nitrogens with zero attached hydrogens (tertiary/aromatic N) is 3. The summed E-state index contributed by atoms with van der Waals surface area (Å²) >= 11 is 0. The van der Waals surface area contributed by atoms with Gasteiger partial charge in [-0.1, -0.05) is 18.2 Å². The molecule has 0 radical (unpaired) electrons. The number of ether oxygens (including phenoxy) is 1. The molecule has 1 fully saturated rings. The molecule has 124 valence electrons. The van der Waals surface area contributed by atoms with Crippen LogP contribution in [0.1, 0.15) is 24.2 Å². The fourth-order valence-electron chi connectivity index (χ4n) is 3.10. The van der Waals surface area contributed by atoms with E-state index in [1.807, 2.05) is 24.3 Å². The number of nitriles is 1. The summed E-state index contributed by atoms with van der Waals surface area (Å²) in [6, 6.07) is 16.3. The minimum absolute atomic E-state index is 0.472. The Balaban J connectivity index is 1.53. The fraction of sp³-hybridized carbons (Fsp3) is 0.368. The number of pyridine rings is 1. The highest BCUT2D eigenvalue weighted by Crippen LogP contribution is 2.29. The predicted molar refractivity (Wildman–Crippen MR) is 94.0 cm³/mol. The van der Waals surface area contributed by atoms with Gasteiger partial charge in [0.05, 0.1) is 18.5 Å². The molecule has 3 rings (SSSR count). The van der Waals surface area contributed by atoms with Crippen LogP contribution in [-0.2, 0) is 6.54 Å². The van der Waals surface area contributed by atoms with Crippen molar-refractivity contribution in [1.29, 1.82) is 5.26 Å². The van der Waals surface area contributed by atoms with Crippen LogP contribution < -0.4 is 15.0 Å². The molecule has 0 atom stereocenters. The zero-order chi connectivity index (χ0) is 16.8. The lowest BCUT2D eigenvalue weighted by atomic mass is 10.0. The van der Waals surface area contributed by atoms with Crippen molar-refractivity contribution in [2.45, 2.75) is 25.4 Å². The third-order valence-electron chi connectivity index (χ3n) is 4.41. The summed E-state index contributed by atoms with van der Waals surface area (Å²) in [5.74, 6) is 0.932. The van der Waals surface area contributed by atoms with Crippen molar-refractivity contribution < 1.29 is 4.74 Å². The maximum absolute atomic E-state index is 8.91. The Morgan fingerprint density at radius 3 is 2.75 bits per heavy atom. The second kappa shape index (κ2) is 7.80. The first-order chi connectivity index (χ1) is 11.8. The van der Waals surface area contributed by atoms with Gasteiger partial charge in [-0.3, -0.25) is 0 Å². The maximum atomic E-state index is 8.91. The molecule has 0 spiro atoms. The number of piperidine rings is 1. The lowest BCUT2D eigenvalue weighted by Gasteiger charge is -2.34. The van der Waals surface area contributed by atoms with Gasteiger partial charge in [0.1, 0.15) is 17.5 Å². The van der Waals surface area contributed by atoms with Crippen LogP contribution in [0, 0.1) is 11.3 Å². The minimum atomic E-state index is 0.472. The lowest BCUT2D eigenvalue weighted by Crippen LogP contribution is -2.42. The number of hydrogen-bond donors (Lipinski definition) is 1. The maximum Gasteiger partial charge on any atom is 0.142 e. The molecule has 5 heteroatoms. The van der Waals surface area contributed by atoms with Crippen LogP contribution in [0.3, 0.4) is 0 Å². The molecule has 0 unspecified atom stereocenters. The second-order valence-electron chi connectivity index (χ2n) is 5.94. The van der Waals surface area contributed by atoms with Gasteiger partial charge in [-0.2, -0.15) is 5.26 Å². The van der Waals surface area contributed by atoms with Gasteiger partial charge in [-0.25, -0.2) is 4.98 Å². The number of benzene rings is 1. The van der Waals surface area contributed by atoms with Crippen LogP contribution in [0.2, 0.25) is 0 Å². The Morgan fingerprint density at radius 2 is 2.00 bits per heavy atom. The zero-order valence-electron chi connectivity index (χ0n) is 13.9. The van der Waals surface area contributed by atoms with Gasteiger partial charge >= 0.3 is 0 Å². The van der Waals surface area contributed by atoms with Crippen molar-refractivity contribution in [3.8, 4) is 11.8 Å². The van der Waals surface area contributed by atoms with Crippen molar-refractivity contribution in [2.75, 3.05) is 25.1 Å². The second-order valence-corrected chi connectivity index (χ2v) is 5.94. The SMILES string of the molecule is COc1ccccc1N1CCC(NCc2cccc(C#N)n2)CC1. The fourth-order valence-corrected chi connectivity index (χ4v) is 3.10. The smallest absolute Gasteiger partial charge is 0.142 e. The van der Waals surface area contributed by atoms with Gasteiger partial charge in [0.25, 0.3) is 0 Å². The molecule has 1 aromatic carbocycles. The van der Waals surface area contributed by atoms with E-state index in [1.165, 1.54) is 5.69 Å². The Morgan fingerprint density at radius 1 is 1.21 bits per heavy atom. The average Bonchev–Trinajstić information content (AvgIpc) is 2.67. The molecule has 1 aromatic heterocycles. The number of rotatable bonds is 5. The first-order valence-corrected chi connectivity index (χ1v) is 8.27. The number of nitrogens with one attached hydrogen (secondary N) is 1. The van der Waals surface area contributed by atoms with Gasteiger partial charge in [-0.15, -0.1) is 0 Å². The van der Waals surface area contributed by atoms with Crippen molar-refractivity contribution in [1.82, 2.24) is 10.3 Å². The summed E-state index contributed by atoms with van der Waals surface area (Å²) in [5.41, 5.74) is 2.56. The molecule has 5 nitrogen and oxygen atoms in total. The predicted octanol–water partition coefficient (Wildman–Crippen LogP) is 2.72. The highest BCUT2D eigenvalue weighted by molar-refractivity contribution is 5.58. The summed E-state index contributed by atoms with van der Waals surface area (Å²) in [4.78, 5) is 6.69. The van der Waals surface area contributed by atoms with Crippen LogP contribution in [0.25, 0.3) is 0 Å². The molecule has 0 amide bonds. The van der Waals surface area contributed by atoms with E-state index in [9.17, 15) is 0 Å². The topological polar surface area (TPSA) is 61.2 Å². The van der Waals surface area contributed by atoms with Crippen molar-refractivity contribution in [2.24, 2.45) is 0 Å². The first kappa shape index (κ1) is 16.3. The van der Waals surface area contributed by atoms with Crippen LogP contribution in [0.15, 0.2) is 42.5 Å². The van der Waals surface area contributed by atoms with Crippen LogP contribution >= 0.6 is 0 Å². The first-order valence-electron chi connectivity index (χ1n) is 8.27. The summed E-state index contributed by atoms with van der Waals surface area (Å²) < 4.78 is 5.46. The molecule has 0 saturated carbocycles. The number of methoxy groups -OCH3 is 1. The van der Waals surface area contributed by atoms with E-state index in [0.29, 0.717) is 18.3 Å². The van der Waals surface area contributed by atoms with Crippen LogP contribution in [0.4, 0.5) is 5.69 Å². The molecule has 2 heterocycles. The molecule has 2 aromatic rings. The molecular weight excluding hydrogens is 300 g/mol. The van der Waals surface area contributed by atoms with E-state index < -0.39 is 0 Å². The van der Waals surface area contributed by atoms with E-state index in [1.54, 1.807) is 13.2 Å². The number of hydrogen-bond acceptors (Lipinski definition) is 5. The largest absolute Gasteiger partial charge is 0.495 e. The summed E-state index contributed by atoms with van der Waals surface area (Å²) in [6.45, 7) is 2.71. The summed E-state index contributed by atoms with van der Waals surface area (Å²) in [6.07, 6.45) is 2.16. The quantitative estimate of drug-likeness (QED) is 0.917. The third kappa shape index (κ3) is 3.84. The standard InChI is InChI=1S/C19H22N4O/c1-24-19-8-3-2-7-18(19)23-11-9-15(10-12-23)21-14-17-6-4-5-16(13-20)22-17/h2-8,15,21H,9-12,14H2,1H3. The Labute approximate surface area is 142 Å². The molecule has 0 aliphatic carbocycles. The highest BCUT2D eigenvalue weighted by atomic mass is 16.5. The molecule has 24 heavy (non-hydrogen) atoms. The molecule has 0 bridgehead atoms. The van der Waals surface area contributed by atoms with E-state index in [-0.39, 0.29) is 0 Å². The summed E-state index contributed by atoms with van der Waals surface area (Å²) in [7, 11) is 1.72. The van der Waals surface area contributed by atoms with Crippen LogP contribution in [-0.4, -0.2) is 31.2 Å². The monoisotopic (exact) mass is 322 g/mol. The molecule has 1 aliphatic rings. The highest BCUT2D eigenvalue weighted by Gasteiger charge is 2.21. The Bertz CT molecular complexity index is 717. The minimum Gasteiger partial charge on any atom is -0.495 e. The molecule has 1 aliphatic heterocycles. The van der Waals surface area contributed by atoms with Crippen molar-refractivity contribution in [3.05, 3.63) is 53.9 Å². The average molecular weight is 322 g/mol. The van der Waals surface area contributed by atoms with Crippen molar-refractivity contribution in [3.63, 3.8) is 0 Å². The number of aromatic nitrogens is 1. The molecule has 1 saturated heterocycles. The van der Waals surface area contributed by atoms with Gasteiger partial charge in [-0.05, 0) is 37.1 Å². The Hall–Kier alpha value is -2.58. The van der Waals surface area contributed by atoms with Gasteiger partial charge in [0.15, 0.2) is 0 Å². The lowest BCUT2D eigenvalue weighted by molar-refractivity contribution is 0.396. The van der Waals surface area contributed by atoms with E-state index in [0.717, 1.165) is 37.4 Å². The zero-order valence-corrected chi connectivity index (χ0v) is 13.9. The third-order valence-corrected chi connectivity index (χ3v) is 4.41. The van der Waals surface area contributed by atoms with E-state index in [2.05, 4.69) is 33.4 Å². The molecular formula is C19H22N4O. The molecule has 1 N–H and O–H groups in total. The van der Waals surface area contributed by atoms with Crippen molar-refractivity contribution >= 4 is 5.69 Å². The van der Waals surface area contributed by atoms with Gasteiger partial charge < -0.3 is 15.0 Å². The Kier molecular flexibility index (Phi) is 5.29. The number of anilines is 1. The van der Waals surface area contributed by atoms with Gasteiger partial charge in [0.2, 0.25) is 0 Å². The van der Waals surface area contributed by atoms with Gasteiger partial charge in [0, 0.05) is 25.7 Å². The van der Waals surface area contributed by atoms with Crippen LogP contribution in [0.5, 0.6) is 5.75 Å². The van der Waals surface area contributed by atoms with E-state index in [4.69, 9.17) is 10.00 Å². The number of para-hydroxylation sites is 2. The summed E-state index contributed by atoms with van der Waals surface area (Å²) in [5, 5.41) is 12.5. The van der Waals surface area contributed by atoms with E-state index >= 15 is 0 Å². The normalized spacial score (nSPS) is 15.1.